The summed E-state index contributed by atoms with van der Waals surface area (Å²) in [5, 5.41) is 4.15. The van der Waals surface area contributed by atoms with Crippen molar-refractivity contribution in [1.29, 1.82) is 0 Å². The van der Waals surface area contributed by atoms with Crippen LogP contribution in [0.2, 0.25) is 0 Å². The summed E-state index contributed by atoms with van der Waals surface area (Å²) >= 11 is 0. The van der Waals surface area contributed by atoms with Gasteiger partial charge >= 0.3 is 0 Å². The second-order valence-corrected chi connectivity index (χ2v) is 17.3. The smallest absolute Gasteiger partial charge is 0.159 e. The second kappa shape index (κ2) is 16.6. The van der Waals surface area contributed by atoms with E-state index < -0.39 is 0 Å². The molecule has 5 heteroatoms. The number of fused-ring (bicyclic) bond motifs is 5. The largest absolute Gasteiger partial charge is 0.456 e. The lowest BCUT2D eigenvalue weighted by molar-refractivity contribution is 0.487. The summed E-state index contributed by atoms with van der Waals surface area (Å²) in [6.45, 7) is 0. The minimum absolute atomic E-state index is 0.336. The van der Waals surface area contributed by atoms with E-state index in [-0.39, 0.29) is 5.82 Å². The van der Waals surface area contributed by atoms with E-state index in [1.54, 1.807) is 6.07 Å². The Morgan fingerprint density at radius 3 is 1.72 bits per heavy atom. The summed E-state index contributed by atoms with van der Waals surface area (Å²) in [5.74, 6) is 1.08. The van der Waals surface area contributed by atoms with Crippen LogP contribution < -0.4 is 14.5 Å². The first-order valence-electron chi connectivity index (χ1n) is 23.2. The molecule has 13 rings (SSSR count). The lowest BCUT2D eigenvalue weighted by Crippen LogP contribution is -2.14. The third-order valence-electron chi connectivity index (χ3n) is 13.3. The molecule has 0 saturated carbocycles. The Balaban J connectivity index is 0.993. The van der Waals surface area contributed by atoms with E-state index >= 15 is 4.39 Å². The predicted octanol–water partition coefficient (Wildman–Crippen LogP) is 18.6. The Morgan fingerprint density at radius 1 is 0.333 bits per heavy atom. The molecule has 1 aliphatic heterocycles. The van der Waals surface area contributed by atoms with Crippen molar-refractivity contribution in [2.75, 3.05) is 9.80 Å². The monoisotopic (exact) mass is 888 g/mol. The Hall–Kier alpha value is -9.19. The van der Waals surface area contributed by atoms with Gasteiger partial charge in [0, 0.05) is 50.0 Å². The van der Waals surface area contributed by atoms with E-state index in [2.05, 4.69) is 132 Å². The predicted molar refractivity (Wildman–Crippen MR) is 282 cm³/mol. The van der Waals surface area contributed by atoms with Crippen LogP contribution in [0.3, 0.4) is 0 Å². The Labute approximate surface area is 399 Å². The van der Waals surface area contributed by atoms with E-state index in [1.807, 2.05) is 120 Å². The molecule has 12 aromatic rings. The average Bonchev–Trinajstić information content (AvgIpc) is 3.80. The van der Waals surface area contributed by atoms with Crippen molar-refractivity contribution in [3.63, 3.8) is 0 Å². The molecule has 0 fully saturated rings. The lowest BCUT2D eigenvalue weighted by Gasteiger charge is -2.32. The standard InChI is InChI=1S/C64H41FN2O2/c65-55-40-45(42-19-5-1-6-20-42)39-54(44-23-9-3-10-24-44)63(55)66(46-25-11-4-12-26-46)47-35-36-50-51-37-38-57(53-30-18-34-60(62(51)53)68-61(50)41-47)67(56-31-15-13-27-48(56)43-21-7-2-8-22-43)58-32-17-29-52-49-28-14-16-33-59(49)69-64(52)58/h1-41H. The van der Waals surface area contributed by atoms with Crippen molar-refractivity contribution in [2.45, 2.75) is 0 Å². The average molecular weight is 889 g/mol. The van der Waals surface area contributed by atoms with E-state index in [9.17, 15) is 0 Å². The van der Waals surface area contributed by atoms with Gasteiger partial charge in [-0.15, -0.1) is 0 Å². The van der Waals surface area contributed by atoms with Gasteiger partial charge in [0.15, 0.2) is 5.58 Å². The fraction of sp³-hybridized carbons (Fsp3) is 0. The number of hydrogen-bond acceptors (Lipinski definition) is 4. The topological polar surface area (TPSA) is 28.9 Å². The number of rotatable bonds is 9. The van der Waals surface area contributed by atoms with E-state index in [0.29, 0.717) is 11.4 Å². The van der Waals surface area contributed by atoms with Gasteiger partial charge in [0.2, 0.25) is 0 Å². The van der Waals surface area contributed by atoms with Crippen LogP contribution in [0.15, 0.2) is 253 Å². The van der Waals surface area contributed by atoms with Gasteiger partial charge in [0.1, 0.15) is 22.9 Å². The molecule has 2 heterocycles. The van der Waals surface area contributed by atoms with Gasteiger partial charge in [-0.25, -0.2) is 4.39 Å². The lowest BCUT2D eigenvalue weighted by atomic mass is 9.92. The number of benzene rings is 11. The summed E-state index contributed by atoms with van der Waals surface area (Å²) in [6.07, 6.45) is 0. The molecule has 0 saturated heterocycles. The van der Waals surface area contributed by atoms with Crippen LogP contribution in [-0.4, -0.2) is 0 Å². The fourth-order valence-corrected chi connectivity index (χ4v) is 10.2. The molecular weight excluding hydrogens is 848 g/mol. The molecule has 4 nitrogen and oxygen atoms in total. The van der Waals surface area contributed by atoms with Crippen molar-refractivity contribution in [2.24, 2.45) is 0 Å². The molecule has 0 aliphatic carbocycles. The minimum atomic E-state index is -0.336. The van der Waals surface area contributed by atoms with Crippen LogP contribution in [0.4, 0.5) is 38.5 Å². The highest BCUT2D eigenvalue weighted by atomic mass is 19.1. The van der Waals surface area contributed by atoms with Gasteiger partial charge in [0.25, 0.3) is 0 Å². The molecule has 326 valence electrons. The molecule has 0 N–H and O–H groups in total. The third kappa shape index (κ3) is 6.82. The number of nitrogens with zero attached hydrogens (tertiary/aromatic N) is 2. The van der Waals surface area contributed by atoms with E-state index in [4.69, 9.17) is 9.15 Å². The van der Waals surface area contributed by atoms with Gasteiger partial charge in [-0.05, 0) is 94.5 Å². The summed E-state index contributed by atoms with van der Waals surface area (Å²) in [7, 11) is 0. The van der Waals surface area contributed by atoms with E-state index in [1.165, 1.54) is 0 Å². The Morgan fingerprint density at radius 2 is 0.942 bits per heavy atom. The maximum Gasteiger partial charge on any atom is 0.159 e. The number of ether oxygens (including phenoxy) is 1. The quantitative estimate of drug-likeness (QED) is 0.144. The normalized spacial score (nSPS) is 11.7. The van der Waals surface area contributed by atoms with Crippen molar-refractivity contribution in [3.05, 3.63) is 255 Å². The number of hydrogen-bond donors (Lipinski definition) is 0. The summed E-state index contributed by atoms with van der Waals surface area (Å²) in [4.78, 5) is 4.35. The molecule has 0 spiro atoms. The summed E-state index contributed by atoms with van der Waals surface area (Å²) in [5.41, 5.74) is 14.2. The third-order valence-corrected chi connectivity index (χ3v) is 13.3. The zero-order valence-corrected chi connectivity index (χ0v) is 37.3. The van der Waals surface area contributed by atoms with E-state index in [0.717, 1.165) is 111 Å². The highest BCUT2D eigenvalue weighted by Gasteiger charge is 2.29. The number of para-hydroxylation sites is 4. The maximum atomic E-state index is 17.3. The van der Waals surface area contributed by atoms with Crippen LogP contribution in [0, 0.1) is 5.82 Å². The van der Waals surface area contributed by atoms with Crippen molar-refractivity contribution in [3.8, 4) is 56.0 Å². The highest BCUT2D eigenvalue weighted by Crippen LogP contribution is 2.54. The first kappa shape index (κ1) is 40.1. The first-order chi connectivity index (χ1) is 34.2. The summed E-state index contributed by atoms with van der Waals surface area (Å²) < 4.78 is 31.1. The van der Waals surface area contributed by atoms with Gasteiger partial charge in [-0.2, -0.15) is 0 Å². The molecule has 0 radical (unpaired) electrons. The first-order valence-corrected chi connectivity index (χ1v) is 23.2. The Kier molecular flexibility index (Phi) is 9.65. The molecule has 0 amide bonds. The second-order valence-electron chi connectivity index (χ2n) is 17.3. The molecule has 69 heavy (non-hydrogen) atoms. The van der Waals surface area contributed by atoms with Gasteiger partial charge in [0.05, 0.1) is 28.4 Å². The van der Waals surface area contributed by atoms with Crippen LogP contribution in [0.5, 0.6) is 11.5 Å². The zero-order valence-electron chi connectivity index (χ0n) is 37.3. The number of furan rings is 1. The number of halogens is 1. The van der Waals surface area contributed by atoms with Crippen molar-refractivity contribution in [1.82, 2.24) is 0 Å². The molecular formula is C64H41FN2O2. The van der Waals surface area contributed by atoms with Crippen LogP contribution in [-0.2, 0) is 0 Å². The zero-order chi connectivity index (χ0) is 45.8. The summed E-state index contributed by atoms with van der Waals surface area (Å²) in [6, 6.07) is 84.4. The molecule has 0 atom stereocenters. The molecule has 11 aromatic carbocycles. The Bertz CT molecular complexity index is 3890. The van der Waals surface area contributed by atoms with Crippen molar-refractivity contribution < 1.29 is 13.5 Å². The van der Waals surface area contributed by atoms with Crippen LogP contribution in [0.1, 0.15) is 0 Å². The van der Waals surface area contributed by atoms with Gasteiger partial charge in [-0.3, -0.25) is 0 Å². The van der Waals surface area contributed by atoms with Gasteiger partial charge in [-0.1, -0.05) is 176 Å². The highest BCUT2D eigenvalue weighted by molar-refractivity contribution is 6.15. The molecule has 0 bridgehead atoms. The number of anilines is 6. The fourth-order valence-electron chi connectivity index (χ4n) is 10.2. The maximum absolute atomic E-state index is 17.3. The SMILES string of the molecule is Fc1cc(-c2ccccc2)cc(-c2ccccc2)c1N(c1ccccc1)c1ccc2c(c1)Oc1cccc3c(N(c4ccccc4-c4ccccc4)c4cccc5c4oc4ccccc45)ccc-2c13. The molecule has 1 aromatic heterocycles. The van der Waals surface area contributed by atoms with Crippen molar-refractivity contribution >= 4 is 66.8 Å². The van der Waals surface area contributed by atoms with Crippen LogP contribution in [0.25, 0.3) is 77.2 Å². The minimum Gasteiger partial charge on any atom is -0.456 e. The van der Waals surface area contributed by atoms with Gasteiger partial charge < -0.3 is 19.0 Å². The van der Waals surface area contributed by atoms with Crippen LogP contribution >= 0.6 is 0 Å². The molecule has 0 unspecified atom stereocenters. The molecule has 1 aliphatic rings.